The second kappa shape index (κ2) is 5.31. The maximum atomic E-state index is 11.9. The summed E-state index contributed by atoms with van der Waals surface area (Å²) >= 11 is 6.07. The molecule has 2 aromatic carbocycles. The second-order valence-corrected chi connectivity index (χ2v) is 4.73. The van der Waals surface area contributed by atoms with E-state index in [9.17, 15) is 4.79 Å². The van der Waals surface area contributed by atoms with E-state index in [0.717, 1.165) is 16.6 Å². The smallest absolute Gasteiger partial charge is 0.274 e. The Morgan fingerprint density at radius 2 is 1.75 bits per heavy atom. The van der Waals surface area contributed by atoms with Gasteiger partial charge in [0.2, 0.25) is 0 Å². The molecule has 20 heavy (non-hydrogen) atoms. The molecule has 0 saturated carbocycles. The molecule has 0 unspecified atom stereocenters. The number of aromatic nitrogens is 2. The maximum absolute atomic E-state index is 11.9. The van der Waals surface area contributed by atoms with Gasteiger partial charge < -0.3 is 4.98 Å². The van der Waals surface area contributed by atoms with Crippen LogP contribution in [0.25, 0.3) is 23.2 Å². The maximum Gasteiger partial charge on any atom is 0.274 e. The molecule has 0 fully saturated rings. The lowest BCUT2D eigenvalue weighted by atomic mass is 10.2. The van der Waals surface area contributed by atoms with Crippen molar-refractivity contribution in [2.75, 3.05) is 0 Å². The number of aromatic amines is 1. The van der Waals surface area contributed by atoms with Gasteiger partial charge in [-0.3, -0.25) is 4.79 Å². The fourth-order valence-corrected chi connectivity index (χ4v) is 2.13. The van der Waals surface area contributed by atoms with Crippen LogP contribution < -0.4 is 5.56 Å². The third kappa shape index (κ3) is 2.49. The Morgan fingerprint density at radius 1 is 1.00 bits per heavy atom. The number of hydrogen-bond donors (Lipinski definition) is 1. The molecule has 3 aromatic rings. The lowest BCUT2D eigenvalue weighted by Gasteiger charge is -1.99. The number of para-hydroxylation sites is 2. The third-order valence-corrected chi connectivity index (χ3v) is 3.30. The minimum absolute atomic E-state index is 0.216. The highest BCUT2D eigenvalue weighted by Crippen LogP contribution is 2.17. The lowest BCUT2D eigenvalue weighted by Crippen LogP contribution is -2.11. The predicted molar refractivity (Wildman–Crippen MR) is 82.7 cm³/mol. The zero-order valence-corrected chi connectivity index (χ0v) is 11.3. The molecule has 0 aliphatic rings. The first-order chi connectivity index (χ1) is 9.74. The van der Waals surface area contributed by atoms with Crippen molar-refractivity contribution in [2.45, 2.75) is 0 Å². The molecule has 0 aliphatic heterocycles. The van der Waals surface area contributed by atoms with Gasteiger partial charge in [0.25, 0.3) is 5.56 Å². The van der Waals surface area contributed by atoms with Crippen LogP contribution in [-0.4, -0.2) is 9.97 Å². The highest BCUT2D eigenvalue weighted by atomic mass is 35.5. The molecule has 1 N–H and O–H groups in total. The molecule has 4 heteroatoms. The molecule has 0 atom stereocenters. The summed E-state index contributed by atoms with van der Waals surface area (Å²) in [5, 5.41) is 0.640. The van der Waals surface area contributed by atoms with Crippen LogP contribution in [0.5, 0.6) is 0 Å². The predicted octanol–water partition coefficient (Wildman–Crippen LogP) is 3.75. The van der Waals surface area contributed by atoms with E-state index < -0.39 is 0 Å². The third-order valence-electron chi connectivity index (χ3n) is 2.95. The summed E-state index contributed by atoms with van der Waals surface area (Å²) in [4.78, 5) is 19.1. The van der Waals surface area contributed by atoms with Crippen LogP contribution in [-0.2, 0) is 0 Å². The van der Waals surface area contributed by atoms with E-state index in [1.54, 1.807) is 18.2 Å². The fraction of sp³-hybridized carbons (Fsp3) is 0. The first kappa shape index (κ1) is 12.6. The highest BCUT2D eigenvalue weighted by molar-refractivity contribution is 6.32. The van der Waals surface area contributed by atoms with Crippen LogP contribution in [0.4, 0.5) is 0 Å². The Hall–Kier alpha value is -2.39. The zero-order valence-electron chi connectivity index (χ0n) is 10.5. The Labute approximate surface area is 120 Å². The number of benzene rings is 2. The lowest BCUT2D eigenvalue weighted by molar-refractivity contribution is 1.19. The first-order valence-electron chi connectivity index (χ1n) is 6.16. The van der Waals surface area contributed by atoms with Gasteiger partial charge in [0, 0.05) is 5.02 Å². The van der Waals surface area contributed by atoms with Crippen molar-refractivity contribution < 1.29 is 0 Å². The van der Waals surface area contributed by atoms with Crippen LogP contribution >= 0.6 is 11.6 Å². The van der Waals surface area contributed by atoms with Crippen molar-refractivity contribution in [3.05, 3.63) is 75.2 Å². The number of nitrogens with one attached hydrogen (secondary N) is 1. The normalized spacial score (nSPS) is 11.2. The van der Waals surface area contributed by atoms with Gasteiger partial charge in [0.1, 0.15) is 5.69 Å². The van der Waals surface area contributed by atoms with Gasteiger partial charge in [-0.15, -0.1) is 0 Å². The molecule has 0 radical (unpaired) electrons. The van der Waals surface area contributed by atoms with Crippen LogP contribution in [0.15, 0.2) is 53.3 Å². The van der Waals surface area contributed by atoms with Crippen molar-refractivity contribution in [3.63, 3.8) is 0 Å². The summed E-state index contributed by atoms with van der Waals surface area (Å²) in [5.74, 6) is 0. The van der Waals surface area contributed by atoms with Gasteiger partial charge in [-0.25, -0.2) is 4.98 Å². The molecule has 0 bridgehead atoms. The van der Waals surface area contributed by atoms with E-state index in [0.29, 0.717) is 10.7 Å². The van der Waals surface area contributed by atoms with E-state index in [2.05, 4.69) is 9.97 Å². The minimum Gasteiger partial charge on any atom is -0.319 e. The minimum atomic E-state index is -0.216. The molecule has 1 aromatic heterocycles. The molecule has 3 rings (SSSR count). The summed E-state index contributed by atoms with van der Waals surface area (Å²) in [6, 6.07) is 14.9. The van der Waals surface area contributed by atoms with Crippen molar-refractivity contribution in [1.29, 1.82) is 0 Å². The van der Waals surface area contributed by atoms with Crippen molar-refractivity contribution in [3.8, 4) is 0 Å². The topological polar surface area (TPSA) is 45.8 Å². The summed E-state index contributed by atoms with van der Waals surface area (Å²) < 4.78 is 0. The van der Waals surface area contributed by atoms with Crippen molar-refractivity contribution in [2.24, 2.45) is 0 Å². The monoisotopic (exact) mass is 282 g/mol. The largest absolute Gasteiger partial charge is 0.319 e. The SMILES string of the molecule is O=c1[nH]c2ccccc2nc1C=Cc1ccccc1Cl. The highest BCUT2D eigenvalue weighted by Gasteiger charge is 2.01. The van der Waals surface area contributed by atoms with Crippen LogP contribution in [0.3, 0.4) is 0 Å². The van der Waals surface area contributed by atoms with E-state index in [4.69, 9.17) is 11.6 Å². The number of H-pyrrole nitrogens is 1. The molecule has 0 saturated heterocycles. The number of fused-ring (bicyclic) bond motifs is 1. The second-order valence-electron chi connectivity index (χ2n) is 4.32. The standard InChI is InChI=1S/C16H11ClN2O/c17-12-6-2-1-5-11(12)9-10-15-16(20)19-14-8-4-3-7-13(14)18-15/h1-10H,(H,19,20). The Kier molecular flexibility index (Phi) is 3.35. The van der Waals surface area contributed by atoms with Crippen LogP contribution in [0.2, 0.25) is 5.02 Å². The van der Waals surface area contributed by atoms with Crippen LogP contribution in [0, 0.1) is 0 Å². The van der Waals surface area contributed by atoms with E-state index in [-0.39, 0.29) is 5.56 Å². The number of halogens is 1. The van der Waals surface area contributed by atoms with Gasteiger partial charge >= 0.3 is 0 Å². The first-order valence-corrected chi connectivity index (χ1v) is 6.53. The number of hydrogen-bond acceptors (Lipinski definition) is 2. The summed E-state index contributed by atoms with van der Waals surface area (Å²) in [6.45, 7) is 0. The summed E-state index contributed by atoms with van der Waals surface area (Å²) in [7, 11) is 0. The quantitative estimate of drug-likeness (QED) is 0.778. The molecular weight excluding hydrogens is 272 g/mol. The van der Waals surface area contributed by atoms with Crippen molar-refractivity contribution >= 4 is 34.8 Å². The van der Waals surface area contributed by atoms with Crippen LogP contribution in [0.1, 0.15) is 11.3 Å². The zero-order chi connectivity index (χ0) is 13.9. The molecular formula is C16H11ClN2O. The van der Waals surface area contributed by atoms with Gasteiger partial charge in [-0.05, 0) is 29.8 Å². The van der Waals surface area contributed by atoms with Gasteiger partial charge in [0.05, 0.1) is 11.0 Å². The van der Waals surface area contributed by atoms with Gasteiger partial charge in [-0.2, -0.15) is 0 Å². The number of rotatable bonds is 2. The Bertz CT molecular complexity index is 852. The molecule has 0 spiro atoms. The fourth-order valence-electron chi connectivity index (χ4n) is 1.94. The molecule has 98 valence electrons. The van der Waals surface area contributed by atoms with Crippen molar-refractivity contribution in [1.82, 2.24) is 9.97 Å². The molecule has 0 aliphatic carbocycles. The Balaban J connectivity index is 2.05. The molecule has 1 heterocycles. The van der Waals surface area contributed by atoms with Gasteiger partial charge in [-0.1, -0.05) is 48.0 Å². The Morgan fingerprint density at radius 3 is 2.60 bits per heavy atom. The van der Waals surface area contributed by atoms with E-state index in [1.165, 1.54) is 0 Å². The van der Waals surface area contributed by atoms with Gasteiger partial charge in [0.15, 0.2) is 0 Å². The average Bonchev–Trinajstić information content (AvgIpc) is 2.46. The molecule has 0 amide bonds. The summed E-state index contributed by atoms with van der Waals surface area (Å²) in [6.07, 6.45) is 3.46. The summed E-state index contributed by atoms with van der Waals surface area (Å²) in [5.41, 5.74) is 2.48. The number of nitrogens with zero attached hydrogens (tertiary/aromatic N) is 1. The molecule has 3 nitrogen and oxygen atoms in total. The van der Waals surface area contributed by atoms with E-state index in [1.807, 2.05) is 42.5 Å². The van der Waals surface area contributed by atoms with E-state index >= 15 is 0 Å². The average molecular weight is 283 g/mol.